The molecule has 1 aromatic rings. The largest absolute Gasteiger partial charge is 0.542 e. The van der Waals surface area contributed by atoms with Gasteiger partial charge in [-0.1, -0.05) is 23.2 Å². The monoisotopic (exact) mass is 641 g/mol. The second kappa shape index (κ2) is 16.3. The van der Waals surface area contributed by atoms with E-state index in [2.05, 4.69) is 17.7 Å². The van der Waals surface area contributed by atoms with E-state index in [9.17, 15) is 40.7 Å². The minimum Gasteiger partial charge on any atom is -0.542 e. The number of thioether (sulfide) groups is 1. The molecule has 8 nitrogen and oxygen atoms in total. The standard InChI is InChI=1S/C21H26Cl2F3N3O3S.C2HF3O2/c1-29-6-4-13(5-7-29)19(31)28-17(3-2-8-33-12-18(30)21(24,25)26)20(32)27-16-10-14(22)9-15(23)11-16;3-2(4,5)1(6)7/h9-11,13,17H,2-8,12H2,1H3,(H,27,32)(H,28,31);(H,6,7)/t17-;/m0./s1. The highest BCUT2D eigenvalue weighted by atomic mass is 35.5. The fourth-order valence-corrected chi connectivity index (χ4v) is 4.81. The van der Waals surface area contributed by atoms with Gasteiger partial charge in [0.25, 0.3) is 0 Å². The van der Waals surface area contributed by atoms with Crippen LogP contribution in [0, 0.1) is 5.92 Å². The summed E-state index contributed by atoms with van der Waals surface area (Å²) >= 11 is 12.8. The average Bonchev–Trinajstić information content (AvgIpc) is 2.81. The van der Waals surface area contributed by atoms with Crippen molar-refractivity contribution in [3.8, 4) is 0 Å². The summed E-state index contributed by atoms with van der Waals surface area (Å²) in [6, 6.07) is 3.66. The Morgan fingerprint density at radius 1 is 1.02 bits per heavy atom. The second-order valence-electron chi connectivity index (χ2n) is 8.84. The number of piperidine rings is 1. The molecule has 2 amide bonds. The molecule has 1 saturated heterocycles. The lowest BCUT2D eigenvalue weighted by Gasteiger charge is -2.27. The van der Waals surface area contributed by atoms with Crippen LogP contribution in [0.2, 0.25) is 10.0 Å². The third-order valence-corrected chi connectivity index (χ3v) is 7.02. The molecule has 40 heavy (non-hydrogen) atoms. The Hall–Kier alpha value is -2.23. The number of amides is 2. The van der Waals surface area contributed by atoms with Crippen molar-refractivity contribution in [2.24, 2.45) is 5.92 Å². The van der Waals surface area contributed by atoms with Crippen LogP contribution in [-0.4, -0.2) is 73.6 Å². The fraction of sp³-hybridized carbons (Fsp3) is 0.565. The Kier molecular flexibility index (Phi) is 14.6. The number of hydrogen-bond donors (Lipinski definition) is 3. The minimum atomic E-state index is -5.19. The molecule has 0 aromatic heterocycles. The number of ketones is 1. The Morgan fingerprint density at radius 3 is 2.02 bits per heavy atom. The van der Waals surface area contributed by atoms with Crippen LogP contribution in [0.15, 0.2) is 18.2 Å². The molecule has 1 atom stereocenters. The van der Waals surface area contributed by atoms with Gasteiger partial charge in [-0.05, 0) is 36.8 Å². The van der Waals surface area contributed by atoms with Gasteiger partial charge in [-0.25, -0.2) is 0 Å². The van der Waals surface area contributed by atoms with Crippen LogP contribution in [0.5, 0.6) is 0 Å². The predicted molar refractivity (Wildman–Crippen MR) is 135 cm³/mol. The summed E-state index contributed by atoms with van der Waals surface area (Å²) in [7, 11) is 2.06. The first-order valence-corrected chi connectivity index (χ1v) is 13.7. The molecule has 0 saturated carbocycles. The number of quaternary nitrogens is 1. The van der Waals surface area contributed by atoms with E-state index in [4.69, 9.17) is 33.1 Å². The molecule has 1 fully saturated rings. The lowest BCUT2D eigenvalue weighted by molar-refractivity contribution is -0.885. The number of rotatable bonds is 10. The minimum absolute atomic E-state index is 0.191. The number of alkyl halides is 6. The summed E-state index contributed by atoms with van der Waals surface area (Å²) in [5, 5.41) is 14.9. The molecule has 17 heteroatoms. The van der Waals surface area contributed by atoms with E-state index < -0.39 is 41.8 Å². The van der Waals surface area contributed by atoms with Gasteiger partial charge in [0.1, 0.15) is 12.0 Å². The Labute approximate surface area is 240 Å². The van der Waals surface area contributed by atoms with E-state index in [-0.39, 0.29) is 24.0 Å². The molecule has 1 aromatic carbocycles. The lowest BCUT2D eigenvalue weighted by atomic mass is 9.95. The summed E-state index contributed by atoms with van der Waals surface area (Å²) in [5.41, 5.74) is 0.366. The molecule has 0 unspecified atom stereocenters. The number of hydrogen-bond acceptors (Lipinski definition) is 6. The molecular formula is C23H27Cl2F6N3O5S. The van der Waals surface area contributed by atoms with E-state index in [0.717, 1.165) is 24.9 Å². The molecule has 0 bridgehead atoms. The highest BCUT2D eigenvalue weighted by Crippen LogP contribution is 2.23. The van der Waals surface area contributed by atoms with Gasteiger partial charge in [0.2, 0.25) is 17.6 Å². The number of anilines is 1. The number of halogens is 8. The third-order valence-electron chi connectivity index (χ3n) is 5.54. The number of carboxylic acids is 1. The number of carbonyl (C=O) groups is 4. The number of benzene rings is 1. The third kappa shape index (κ3) is 13.9. The molecule has 1 aliphatic rings. The highest BCUT2D eigenvalue weighted by molar-refractivity contribution is 7.99. The van der Waals surface area contributed by atoms with Crippen molar-refractivity contribution >= 4 is 64.2 Å². The first-order chi connectivity index (χ1) is 18.4. The molecule has 0 spiro atoms. The molecule has 2 rings (SSSR count). The van der Waals surface area contributed by atoms with Crippen LogP contribution >= 0.6 is 35.0 Å². The van der Waals surface area contributed by atoms with E-state index in [1.54, 1.807) is 0 Å². The number of aliphatic carboxylic acids is 1. The van der Waals surface area contributed by atoms with Crippen LogP contribution in [0.25, 0.3) is 0 Å². The zero-order valence-corrected chi connectivity index (χ0v) is 23.3. The van der Waals surface area contributed by atoms with E-state index in [0.29, 0.717) is 35.0 Å². The fourth-order valence-electron chi connectivity index (χ4n) is 3.42. The first-order valence-electron chi connectivity index (χ1n) is 11.7. The Bertz CT molecular complexity index is 1020. The maximum Gasteiger partial charge on any atom is 0.450 e. The molecule has 0 radical (unpaired) electrons. The van der Waals surface area contributed by atoms with Gasteiger partial charge >= 0.3 is 12.4 Å². The SMILES string of the molecule is C[NH+]1CCC(C(=O)N[C@@H](CCCSCC(=O)C(F)(F)F)C(=O)Nc2cc(Cl)cc(Cl)c2)CC1.O=C([O-])C(F)(F)F. The molecule has 3 N–H and O–H groups in total. The summed E-state index contributed by atoms with van der Waals surface area (Å²) in [6.45, 7) is 1.72. The predicted octanol–water partition coefficient (Wildman–Crippen LogP) is 2.28. The smallest absolute Gasteiger partial charge is 0.450 e. The topological polar surface area (TPSA) is 120 Å². The summed E-state index contributed by atoms with van der Waals surface area (Å²) in [5.74, 6) is -6.12. The number of carboxylic acid groups (broad SMARTS) is 1. The number of likely N-dealkylation sites (tertiary alicyclic amines) is 1. The van der Waals surface area contributed by atoms with Gasteiger partial charge in [-0.15, -0.1) is 0 Å². The Morgan fingerprint density at radius 2 is 1.55 bits per heavy atom. The molecular weight excluding hydrogens is 615 g/mol. The molecule has 226 valence electrons. The van der Waals surface area contributed by atoms with Crippen molar-refractivity contribution in [3.63, 3.8) is 0 Å². The normalized spacial score (nSPS) is 18.1. The molecule has 0 aliphatic carbocycles. The maximum absolute atomic E-state index is 12.9. The van der Waals surface area contributed by atoms with E-state index in [1.807, 2.05) is 0 Å². The zero-order valence-electron chi connectivity index (χ0n) is 21.0. The summed E-state index contributed by atoms with van der Waals surface area (Å²) in [4.78, 5) is 46.7. The van der Waals surface area contributed by atoms with Crippen molar-refractivity contribution in [2.45, 2.75) is 44.1 Å². The van der Waals surface area contributed by atoms with Crippen LogP contribution in [0.3, 0.4) is 0 Å². The van der Waals surface area contributed by atoms with Crippen LogP contribution < -0.4 is 20.6 Å². The number of carbonyl (C=O) groups excluding carboxylic acids is 4. The Balaban J connectivity index is 0.00000101. The quantitative estimate of drug-likeness (QED) is 0.266. The van der Waals surface area contributed by atoms with Gasteiger partial charge in [-0.3, -0.25) is 14.4 Å². The average molecular weight is 642 g/mol. The van der Waals surface area contributed by atoms with Gasteiger partial charge in [-0.2, -0.15) is 38.1 Å². The lowest BCUT2D eigenvalue weighted by Crippen LogP contribution is -3.10. The summed E-state index contributed by atoms with van der Waals surface area (Å²) in [6.07, 6.45) is -8.08. The van der Waals surface area contributed by atoms with Crippen LogP contribution in [0.1, 0.15) is 25.7 Å². The first kappa shape index (κ1) is 35.8. The van der Waals surface area contributed by atoms with Crippen LogP contribution in [-0.2, 0) is 19.2 Å². The highest BCUT2D eigenvalue weighted by Gasteiger charge is 2.37. The van der Waals surface area contributed by atoms with E-state index in [1.165, 1.54) is 23.1 Å². The zero-order chi connectivity index (χ0) is 30.7. The molecule has 1 heterocycles. The van der Waals surface area contributed by atoms with Gasteiger partial charge in [0.15, 0.2) is 0 Å². The number of Topliss-reactive ketones (excluding diaryl/α,β-unsaturated/α-hetero) is 1. The maximum atomic E-state index is 12.9. The van der Waals surface area contributed by atoms with Crippen molar-refractivity contribution in [3.05, 3.63) is 28.2 Å². The summed E-state index contributed by atoms with van der Waals surface area (Å²) < 4.78 is 68.5. The van der Waals surface area contributed by atoms with Gasteiger partial charge in [0, 0.05) is 34.5 Å². The van der Waals surface area contributed by atoms with E-state index >= 15 is 0 Å². The number of nitrogens with one attached hydrogen (secondary N) is 3. The van der Waals surface area contributed by atoms with Gasteiger partial charge < -0.3 is 25.4 Å². The van der Waals surface area contributed by atoms with Crippen molar-refractivity contribution in [2.75, 3.05) is 37.0 Å². The van der Waals surface area contributed by atoms with Crippen molar-refractivity contribution < 1.29 is 55.5 Å². The molecule has 1 aliphatic heterocycles. The second-order valence-corrected chi connectivity index (χ2v) is 10.8. The van der Waals surface area contributed by atoms with Crippen molar-refractivity contribution in [1.29, 1.82) is 0 Å². The van der Waals surface area contributed by atoms with Crippen molar-refractivity contribution in [1.82, 2.24) is 5.32 Å². The van der Waals surface area contributed by atoms with Gasteiger partial charge in [0.05, 0.1) is 25.9 Å². The van der Waals surface area contributed by atoms with Crippen LogP contribution in [0.4, 0.5) is 32.0 Å².